The Labute approximate surface area is 175 Å². The van der Waals surface area contributed by atoms with E-state index in [0.29, 0.717) is 27.2 Å². The smallest absolute Gasteiger partial charge is 0.341 e. The van der Waals surface area contributed by atoms with Crippen molar-refractivity contribution in [2.45, 2.75) is 33.2 Å². The fourth-order valence-electron chi connectivity index (χ4n) is 2.95. The molecule has 2 rings (SSSR count). The first kappa shape index (κ1) is 22.0. The minimum absolute atomic E-state index is 0.0758. The molecule has 0 aliphatic heterocycles. The van der Waals surface area contributed by atoms with E-state index in [0.717, 1.165) is 22.4 Å². The highest BCUT2D eigenvalue weighted by Gasteiger charge is 2.22. The molecule has 0 saturated heterocycles. The fourth-order valence-corrected chi connectivity index (χ4v) is 4.43. The highest BCUT2D eigenvalue weighted by atomic mass is 32.1. The summed E-state index contributed by atoms with van der Waals surface area (Å²) in [6.45, 7) is 6.00. The highest BCUT2D eigenvalue weighted by molar-refractivity contribution is 7.80. The van der Waals surface area contributed by atoms with Crippen LogP contribution in [0.15, 0.2) is 18.2 Å². The Morgan fingerprint density at radius 2 is 1.89 bits per heavy atom. The molecule has 1 aromatic heterocycles. The zero-order chi connectivity index (χ0) is 20.8. The third-order valence-electron chi connectivity index (χ3n) is 4.43. The Hall–Kier alpha value is -2.32. The number of methoxy groups -OCH3 is 3. The second kappa shape index (κ2) is 9.75. The number of ether oxygens (including phenoxy) is 3. The Bertz CT molecular complexity index is 864. The maximum Gasteiger partial charge on any atom is 0.341 e. The zero-order valence-electron chi connectivity index (χ0n) is 17.0. The van der Waals surface area contributed by atoms with Crippen molar-refractivity contribution in [2.75, 3.05) is 26.6 Å². The number of aryl methyl sites for hydroxylation is 1. The Kier molecular flexibility index (Phi) is 7.65. The number of anilines is 1. The van der Waals surface area contributed by atoms with Crippen molar-refractivity contribution in [1.82, 2.24) is 5.32 Å². The average molecular weight is 423 g/mol. The summed E-state index contributed by atoms with van der Waals surface area (Å²) in [6.07, 6.45) is 0.747. The largest absolute Gasteiger partial charge is 0.493 e. The molecule has 8 heteroatoms. The molecule has 6 nitrogen and oxygen atoms in total. The van der Waals surface area contributed by atoms with Gasteiger partial charge in [0, 0.05) is 4.88 Å². The van der Waals surface area contributed by atoms with E-state index in [2.05, 4.69) is 10.6 Å². The lowest BCUT2D eigenvalue weighted by Crippen LogP contribution is -2.31. The van der Waals surface area contributed by atoms with Crippen LogP contribution >= 0.6 is 23.6 Å². The molecule has 1 atom stereocenters. The van der Waals surface area contributed by atoms with E-state index >= 15 is 0 Å². The van der Waals surface area contributed by atoms with Gasteiger partial charge in [-0.2, -0.15) is 0 Å². The molecule has 1 heterocycles. The summed E-state index contributed by atoms with van der Waals surface area (Å²) in [6, 6.07) is 5.64. The first-order valence-electron chi connectivity index (χ1n) is 8.86. The summed E-state index contributed by atoms with van der Waals surface area (Å²) in [5.41, 5.74) is 2.53. The van der Waals surface area contributed by atoms with Crippen LogP contribution in [0.2, 0.25) is 0 Å². The highest BCUT2D eigenvalue weighted by Crippen LogP contribution is 2.34. The van der Waals surface area contributed by atoms with Gasteiger partial charge in [0.05, 0.1) is 32.9 Å². The van der Waals surface area contributed by atoms with Crippen LogP contribution in [0, 0.1) is 6.92 Å². The summed E-state index contributed by atoms with van der Waals surface area (Å²) >= 11 is 6.97. The number of carbonyl (C=O) groups excluding carboxylic acids is 1. The second-order valence-electron chi connectivity index (χ2n) is 6.12. The number of esters is 1. The van der Waals surface area contributed by atoms with Crippen molar-refractivity contribution >= 4 is 39.6 Å². The maximum absolute atomic E-state index is 12.2. The van der Waals surface area contributed by atoms with E-state index in [1.807, 2.05) is 39.0 Å². The number of thiophene rings is 1. The summed E-state index contributed by atoms with van der Waals surface area (Å²) in [7, 11) is 4.59. The summed E-state index contributed by atoms with van der Waals surface area (Å²) in [5, 5.41) is 7.52. The number of rotatable bonds is 7. The lowest BCUT2D eigenvalue weighted by atomic mass is 10.1. The van der Waals surface area contributed by atoms with Gasteiger partial charge in [-0.05, 0) is 55.7 Å². The van der Waals surface area contributed by atoms with E-state index in [1.165, 1.54) is 18.4 Å². The minimum atomic E-state index is -0.362. The van der Waals surface area contributed by atoms with Crippen LogP contribution < -0.4 is 20.1 Å². The summed E-state index contributed by atoms with van der Waals surface area (Å²) in [5.74, 6) is 0.962. The molecular formula is C20H26N2O4S2. The van der Waals surface area contributed by atoms with Gasteiger partial charge in [-0.25, -0.2) is 4.79 Å². The molecule has 152 valence electrons. The van der Waals surface area contributed by atoms with Gasteiger partial charge in [0.2, 0.25) is 0 Å². The third-order valence-corrected chi connectivity index (χ3v) is 5.72. The van der Waals surface area contributed by atoms with Crippen LogP contribution in [0.3, 0.4) is 0 Å². The molecule has 0 aliphatic rings. The van der Waals surface area contributed by atoms with Crippen LogP contribution in [-0.4, -0.2) is 32.4 Å². The predicted molar refractivity (Wildman–Crippen MR) is 117 cm³/mol. The van der Waals surface area contributed by atoms with E-state index in [4.69, 9.17) is 26.4 Å². The fraction of sp³-hybridized carbons (Fsp3) is 0.400. The maximum atomic E-state index is 12.2. The molecule has 0 amide bonds. The summed E-state index contributed by atoms with van der Waals surface area (Å²) in [4.78, 5) is 13.3. The first-order chi connectivity index (χ1) is 13.4. The van der Waals surface area contributed by atoms with Crippen molar-refractivity contribution in [1.29, 1.82) is 0 Å². The SMILES string of the molecule is CCc1c(C)sc(NC(=S)NC(C)c2ccc(OC)c(OC)c2)c1C(=O)OC. The van der Waals surface area contributed by atoms with Crippen LogP contribution in [-0.2, 0) is 11.2 Å². The number of benzene rings is 1. The van der Waals surface area contributed by atoms with Crippen molar-refractivity contribution in [3.8, 4) is 11.5 Å². The predicted octanol–water partition coefficient (Wildman–Crippen LogP) is 4.47. The number of thiocarbonyl (C=S) groups is 1. The minimum Gasteiger partial charge on any atom is -0.493 e. The van der Waals surface area contributed by atoms with Gasteiger partial charge >= 0.3 is 5.97 Å². The molecule has 0 saturated carbocycles. The van der Waals surface area contributed by atoms with E-state index in [-0.39, 0.29) is 12.0 Å². The molecule has 1 unspecified atom stereocenters. The molecule has 1 aromatic carbocycles. The molecule has 0 radical (unpaired) electrons. The second-order valence-corrected chi connectivity index (χ2v) is 7.75. The quantitative estimate of drug-likeness (QED) is 0.504. The lowest BCUT2D eigenvalue weighted by molar-refractivity contribution is 0.0601. The lowest BCUT2D eigenvalue weighted by Gasteiger charge is -2.19. The van der Waals surface area contributed by atoms with Gasteiger partial charge in [0.25, 0.3) is 0 Å². The molecule has 0 bridgehead atoms. The van der Waals surface area contributed by atoms with E-state index < -0.39 is 0 Å². The molecule has 28 heavy (non-hydrogen) atoms. The molecule has 0 spiro atoms. The van der Waals surface area contributed by atoms with Gasteiger partial charge in [0.1, 0.15) is 5.00 Å². The van der Waals surface area contributed by atoms with Crippen LogP contribution in [0.25, 0.3) is 0 Å². The summed E-state index contributed by atoms with van der Waals surface area (Å²) < 4.78 is 15.6. The monoisotopic (exact) mass is 422 g/mol. The van der Waals surface area contributed by atoms with Crippen molar-refractivity contribution in [3.63, 3.8) is 0 Å². The van der Waals surface area contributed by atoms with Gasteiger partial charge in [0.15, 0.2) is 16.6 Å². The topological polar surface area (TPSA) is 68.8 Å². The molecule has 2 aromatic rings. The zero-order valence-corrected chi connectivity index (χ0v) is 18.6. The number of carbonyl (C=O) groups is 1. The number of nitrogens with one attached hydrogen (secondary N) is 2. The standard InChI is InChI=1S/C20H26N2O4S2/c1-7-14-12(3)28-18(17(14)19(23)26-6)22-20(27)21-11(2)13-8-9-15(24-4)16(10-13)25-5/h8-11H,7H2,1-6H3,(H2,21,22,27). The first-order valence-corrected chi connectivity index (χ1v) is 10.1. The van der Waals surface area contributed by atoms with Crippen molar-refractivity contribution in [2.24, 2.45) is 0 Å². The molecule has 2 N–H and O–H groups in total. The van der Waals surface area contributed by atoms with Gasteiger partial charge in [-0.1, -0.05) is 13.0 Å². The van der Waals surface area contributed by atoms with Crippen LogP contribution in [0.5, 0.6) is 11.5 Å². The van der Waals surface area contributed by atoms with Crippen molar-refractivity contribution < 1.29 is 19.0 Å². The van der Waals surface area contributed by atoms with Crippen LogP contribution in [0.4, 0.5) is 5.00 Å². The number of hydrogen-bond donors (Lipinski definition) is 2. The van der Waals surface area contributed by atoms with Crippen LogP contribution in [0.1, 0.15) is 46.3 Å². The van der Waals surface area contributed by atoms with Gasteiger partial charge in [-0.3, -0.25) is 0 Å². The molecule has 0 fully saturated rings. The third kappa shape index (κ3) is 4.74. The Balaban J connectivity index is 2.17. The number of hydrogen-bond acceptors (Lipinski definition) is 6. The molecular weight excluding hydrogens is 396 g/mol. The normalized spacial score (nSPS) is 11.5. The Morgan fingerprint density at radius 1 is 1.21 bits per heavy atom. The average Bonchev–Trinajstić information content (AvgIpc) is 3.00. The van der Waals surface area contributed by atoms with Crippen molar-refractivity contribution in [3.05, 3.63) is 39.8 Å². The van der Waals surface area contributed by atoms with Gasteiger partial charge < -0.3 is 24.8 Å². The molecule has 0 aliphatic carbocycles. The van der Waals surface area contributed by atoms with E-state index in [9.17, 15) is 4.79 Å². The van der Waals surface area contributed by atoms with Gasteiger partial charge in [-0.15, -0.1) is 11.3 Å². The Morgan fingerprint density at radius 3 is 2.46 bits per heavy atom. The van der Waals surface area contributed by atoms with E-state index in [1.54, 1.807) is 14.2 Å².